The lowest BCUT2D eigenvalue weighted by Crippen LogP contribution is -2.37. The Bertz CT molecular complexity index is 1060. The van der Waals surface area contributed by atoms with Crippen LogP contribution < -0.4 is 5.43 Å². The number of hydrogen-bond donors (Lipinski definition) is 1. The highest BCUT2D eigenvalue weighted by molar-refractivity contribution is 6.06. The molecular weight excluding hydrogens is 382 g/mol. The largest absolute Gasteiger partial charge is 0.439 e. The van der Waals surface area contributed by atoms with Gasteiger partial charge in [0.1, 0.15) is 11.8 Å². The van der Waals surface area contributed by atoms with Crippen LogP contribution in [0.5, 0.6) is 0 Å². The summed E-state index contributed by atoms with van der Waals surface area (Å²) in [6.45, 7) is -3.33. The molecular formula is C15H10F6N4O2. The Morgan fingerprint density at radius 3 is 2.56 bits per heavy atom. The standard InChI is InChI=1S/C15H10F6N4O2/c1-7-12(22-23-13(26)27-7)8-2-3-10(9(6-8)14(16,17)18)25-5-4-11(24-25)15(19,20)21/h2-7H,1H3,(H,23,26)/t7-/m0/s1/i1D3,7D. The molecule has 0 unspecified atom stereocenters. The van der Waals surface area contributed by atoms with Crippen molar-refractivity contribution in [2.45, 2.75) is 25.3 Å². The fraction of sp³-hybridized carbons (Fsp3) is 0.267. The molecule has 0 spiro atoms. The molecule has 1 aromatic carbocycles. The highest BCUT2D eigenvalue weighted by atomic mass is 19.4. The van der Waals surface area contributed by atoms with Crippen molar-refractivity contribution < 1.29 is 41.4 Å². The molecule has 1 amide bonds. The van der Waals surface area contributed by atoms with Crippen molar-refractivity contribution in [3.63, 3.8) is 0 Å². The second-order valence-electron chi connectivity index (χ2n) is 5.16. The first kappa shape index (κ1) is 14.1. The summed E-state index contributed by atoms with van der Waals surface area (Å²) in [5, 5.41) is 6.47. The molecule has 1 aliphatic heterocycles. The van der Waals surface area contributed by atoms with Crippen LogP contribution in [0.2, 0.25) is 0 Å². The first-order valence-electron chi connectivity index (χ1n) is 8.96. The van der Waals surface area contributed by atoms with Gasteiger partial charge in [-0.05, 0) is 25.1 Å². The van der Waals surface area contributed by atoms with Crippen LogP contribution in [-0.4, -0.2) is 27.7 Å². The molecule has 0 saturated heterocycles. The lowest BCUT2D eigenvalue weighted by atomic mass is 10.0. The fourth-order valence-corrected chi connectivity index (χ4v) is 2.23. The summed E-state index contributed by atoms with van der Waals surface area (Å²) in [4.78, 5) is 11.4. The van der Waals surface area contributed by atoms with Gasteiger partial charge in [-0.3, -0.25) is 0 Å². The van der Waals surface area contributed by atoms with Gasteiger partial charge in [-0.2, -0.15) is 36.5 Å². The molecule has 12 heteroatoms. The predicted molar refractivity (Wildman–Crippen MR) is 79.2 cm³/mol. The monoisotopic (exact) mass is 396 g/mol. The Morgan fingerprint density at radius 1 is 1.22 bits per heavy atom. The van der Waals surface area contributed by atoms with Crippen LogP contribution >= 0.6 is 0 Å². The third-order valence-corrected chi connectivity index (χ3v) is 3.37. The first-order chi connectivity index (χ1) is 14.0. The van der Waals surface area contributed by atoms with Crippen molar-refractivity contribution in [3.05, 3.63) is 47.3 Å². The molecule has 3 rings (SSSR count). The van der Waals surface area contributed by atoms with Crippen molar-refractivity contribution in [1.29, 1.82) is 0 Å². The van der Waals surface area contributed by atoms with Crippen LogP contribution in [0.1, 0.15) is 29.2 Å². The van der Waals surface area contributed by atoms with Crippen molar-refractivity contribution in [1.82, 2.24) is 15.2 Å². The third-order valence-electron chi connectivity index (χ3n) is 3.37. The smallest absolute Gasteiger partial charge is 0.435 e. The topological polar surface area (TPSA) is 68.5 Å². The van der Waals surface area contributed by atoms with Gasteiger partial charge in [0.05, 0.1) is 12.6 Å². The zero-order valence-corrected chi connectivity index (χ0v) is 12.8. The number of halogens is 6. The van der Waals surface area contributed by atoms with Gasteiger partial charge >= 0.3 is 18.4 Å². The van der Waals surface area contributed by atoms with Crippen LogP contribution in [0, 0.1) is 0 Å². The van der Waals surface area contributed by atoms with Gasteiger partial charge in [0.15, 0.2) is 5.69 Å². The predicted octanol–water partition coefficient (Wildman–Crippen LogP) is 3.74. The molecule has 1 atom stereocenters. The molecule has 0 fully saturated rings. The maximum Gasteiger partial charge on any atom is 0.435 e. The molecule has 0 saturated carbocycles. The molecule has 0 bridgehead atoms. The SMILES string of the molecule is [2H]C([2H])([2H])[C@]1([2H])OC(=O)NN=C1c1ccc(-n2ccc(C(F)(F)F)n2)c(C(F)(F)F)c1. The van der Waals surface area contributed by atoms with Crippen molar-refractivity contribution in [2.24, 2.45) is 5.10 Å². The molecule has 1 aromatic heterocycles. The number of amides is 1. The Kier molecular flexibility index (Phi) is 3.27. The minimum absolute atomic E-state index is 0.355. The van der Waals surface area contributed by atoms with E-state index >= 15 is 0 Å². The zero-order valence-electron chi connectivity index (χ0n) is 16.8. The Hall–Kier alpha value is -3.05. The van der Waals surface area contributed by atoms with Gasteiger partial charge in [0.25, 0.3) is 0 Å². The van der Waals surface area contributed by atoms with Crippen LogP contribution in [0.25, 0.3) is 5.69 Å². The van der Waals surface area contributed by atoms with E-state index < -0.39 is 59.6 Å². The Labute approximate surface area is 153 Å². The number of hydrazone groups is 1. The first-order valence-corrected chi connectivity index (χ1v) is 6.96. The zero-order chi connectivity index (χ0) is 23.4. The number of rotatable bonds is 2. The highest BCUT2D eigenvalue weighted by Gasteiger charge is 2.37. The maximum atomic E-state index is 13.6. The van der Waals surface area contributed by atoms with E-state index in [1.807, 2.05) is 0 Å². The van der Waals surface area contributed by atoms with Crippen molar-refractivity contribution in [2.75, 3.05) is 0 Å². The van der Waals surface area contributed by atoms with Crippen LogP contribution in [0.4, 0.5) is 31.1 Å². The van der Waals surface area contributed by atoms with E-state index in [1.54, 1.807) is 5.43 Å². The summed E-state index contributed by atoms with van der Waals surface area (Å²) in [5.74, 6) is 0. The van der Waals surface area contributed by atoms with E-state index in [2.05, 4.69) is 14.9 Å². The van der Waals surface area contributed by atoms with Gasteiger partial charge in [0, 0.05) is 15.9 Å². The average molecular weight is 396 g/mol. The highest BCUT2D eigenvalue weighted by Crippen LogP contribution is 2.36. The van der Waals surface area contributed by atoms with Gasteiger partial charge in [-0.25, -0.2) is 14.9 Å². The summed E-state index contributed by atoms with van der Waals surface area (Å²) < 4.78 is 114. The molecule has 144 valence electrons. The van der Waals surface area contributed by atoms with Crippen LogP contribution in [0.15, 0.2) is 35.6 Å². The Morgan fingerprint density at radius 2 is 1.96 bits per heavy atom. The molecule has 0 radical (unpaired) electrons. The Balaban J connectivity index is 2.17. The minimum Gasteiger partial charge on any atom is -0.439 e. The molecule has 2 aromatic rings. The minimum atomic E-state index is -5.11. The number of ether oxygens (including phenoxy) is 1. The van der Waals surface area contributed by atoms with Crippen LogP contribution in [0.3, 0.4) is 0 Å². The summed E-state index contributed by atoms with van der Waals surface area (Å²) in [7, 11) is 0. The molecule has 1 N–H and O–H groups in total. The molecule has 1 aliphatic rings. The number of carbonyl (C=O) groups is 1. The number of cyclic esters (lactones) is 1. The van der Waals surface area contributed by atoms with Gasteiger partial charge < -0.3 is 4.74 Å². The van der Waals surface area contributed by atoms with Gasteiger partial charge in [-0.15, -0.1) is 0 Å². The number of benzene rings is 1. The number of nitrogens with one attached hydrogen (secondary N) is 1. The second kappa shape index (κ2) is 6.28. The lowest BCUT2D eigenvalue weighted by molar-refractivity contribution is -0.141. The number of hydrogen-bond acceptors (Lipinski definition) is 4. The number of carbonyl (C=O) groups excluding carboxylic acids is 1. The van der Waals surface area contributed by atoms with Crippen LogP contribution in [-0.2, 0) is 17.1 Å². The fourth-order valence-electron chi connectivity index (χ4n) is 2.23. The number of aromatic nitrogens is 2. The van der Waals surface area contributed by atoms with E-state index in [9.17, 15) is 31.1 Å². The third kappa shape index (κ3) is 3.73. The van der Waals surface area contributed by atoms with Gasteiger partial charge in [-0.1, -0.05) is 6.07 Å². The van der Waals surface area contributed by atoms with E-state index in [0.29, 0.717) is 23.0 Å². The molecule has 6 nitrogen and oxygen atoms in total. The average Bonchev–Trinajstić information content (AvgIpc) is 3.10. The molecule has 27 heavy (non-hydrogen) atoms. The second-order valence-corrected chi connectivity index (χ2v) is 5.16. The quantitative estimate of drug-likeness (QED) is 0.787. The van der Waals surface area contributed by atoms with E-state index in [-0.39, 0.29) is 0 Å². The number of nitrogens with zero attached hydrogens (tertiary/aromatic N) is 3. The molecule has 0 aliphatic carbocycles. The van der Waals surface area contributed by atoms with E-state index in [0.717, 1.165) is 12.1 Å². The lowest BCUT2D eigenvalue weighted by Gasteiger charge is -2.21. The summed E-state index contributed by atoms with van der Waals surface area (Å²) >= 11 is 0. The van der Waals surface area contributed by atoms with E-state index in [1.165, 1.54) is 0 Å². The summed E-state index contributed by atoms with van der Waals surface area (Å²) in [5.41, 5.74) is -3.42. The normalized spacial score (nSPS) is 23.3. The van der Waals surface area contributed by atoms with Crippen molar-refractivity contribution in [3.8, 4) is 5.69 Å². The summed E-state index contributed by atoms with van der Waals surface area (Å²) in [6, 6.07) is 2.46. The van der Waals surface area contributed by atoms with E-state index in [4.69, 9.17) is 5.48 Å². The van der Waals surface area contributed by atoms with Crippen molar-refractivity contribution >= 4 is 11.8 Å². The molecule has 2 heterocycles. The number of alkyl halides is 6. The summed E-state index contributed by atoms with van der Waals surface area (Å²) in [6.07, 6.45) is -13.9. The maximum absolute atomic E-state index is 13.6. The van der Waals surface area contributed by atoms with Gasteiger partial charge in [0.2, 0.25) is 0 Å².